The molecule has 7 heteroatoms. The lowest BCUT2D eigenvalue weighted by Crippen LogP contribution is -2.24. The van der Waals surface area contributed by atoms with Gasteiger partial charge in [-0.25, -0.2) is 0 Å². The quantitative estimate of drug-likeness (QED) is 0.254. The van der Waals surface area contributed by atoms with E-state index in [1.54, 1.807) is 24.3 Å². The number of nitrogens with zero attached hydrogens (tertiary/aromatic N) is 1. The highest BCUT2D eigenvalue weighted by Crippen LogP contribution is 2.33. The van der Waals surface area contributed by atoms with Crippen molar-refractivity contribution in [2.45, 2.75) is 11.1 Å². The topological polar surface area (TPSA) is 70.8 Å². The van der Waals surface area contributed by atoms with Gasteiger partial charge in [0.2, 0.25) is 0 Å². The second-order valence-corrected chi connectivity index (χ2v) is 4.33. The molecule has 6 nitrogen and oxygen atoms in total. The molecule has 0 saturated heterocycles. The van der Waals surface area contributed by atoms with Crippen LogP contribution in [0, 0.1) is 10.1 Å². The summed E-state index contributed by atoms with van der Waals surface area (Å²) in [6, 6.07) is 6.99. The number of para-hydroxylation sites is 1. The van der Waals surface area contributed by atoms with E-state index in [9.17, 15) is 10.1 Å². The van der Waals surface area contributed by atoms with E-state index in [0.717, 1.165) is 0 Å². The van der Waals surface area contributed by atoms with Gasteiger partial charge >= 0.3 is 0 Å². The van der Waals surface area contributed by atoms with Crippen LogP contribution >= 0.6 is 15.9 Å². The summed E-state index contributed by atoms with van der Waals surface area (Å²) in [6.07, 6.45) is -0.795. The Balaban J connectivity index is 3.04. The molecule has 18 heavy (non-hydrogen) atoms. The molecule has 0 N–H and O–H groups in total. The first-order chi connectivity index (χ1) is 8.61. The first kappa shape index (κ1) is 14.9. The molecule has 0 aliphatic heterocycles. The van der Waals surface area contributed by atoms with Gasteiger partial charge in [-0.1, -0.05) is 18.2 Å². The molecule has 1 unspecified atom stereocenters. The number of halogens is 1. The van der Waals surface area contributed by atoms with Crippen molar-refractivity contribution in [3.63, 3.8) is 0 Å². The summed E-state index contributed by atoms with van der Waals surface area (Å²) in [4.78, 5) is 9.33. The van der Waals surface area contributed by atoms with Crippen LogP contribution in [-0.4, -0.2) is 30.9 Å². The van der Waals surface area contributed by atoms with Gasteiger partial charge < -0.3 is 14.2 Å². The molecule has 0 spiro atoms. The van der Waals surface area contributed by atoms with Gasteiger partial charge in [-0.15, -0.1) is 0 Å². The number of methoxy groups -OCH3 is 2. The zero-order valence-electron chi connectivity index (χ0n) is 10.0. The largest absolute Gasteiger partial charge is 0.496 e. The number of ether oxygens (including phenoxy) is 3. The Morgan fingerprint density at radius 1 is 1.39 bits per heavy atom. The second-order valence-electron chi connectivity index (χ2n) is 3.39. The number of hydrogen-bond donors (Lipinski definition) is 0. The minimum absolute atomic E-state index is 0.0430. The van der Waals surface area contributed by atoms with Crippen molar-refractivity contribution < 1.29 is 19.1 Å². The Hall–Kier alpha value is -1.18. The fourth-order valence-electron chi connectivity index (χ4n) is 1.47. The third-order valence-electron chi connectivity index (χ3n) is 2.26. The third-order valence-corrected chi connectivity index (χ3v) is 3.08. The zero-order valence-corrected chi connectivity index (χ0v) is 11.6. The SMILES string of the molecule is COCO[C@@H](c1ccccc1OC)C(Br)[N+](=O)[O-]. The van der Waals surface area contributed by atoms with Gasteiger partial charge in [0.25, 0.3) is 4.95 Å². The van der Waals surface area contributed by atoms with E-state index in [2.05, 4.69) is 15.9 Å². The van der Waals surface area contributed by atoms with Crippen molar-refractivity contribution >= 4 is 15.9 Å². The first-order valence-corrected chi connectivity index (χ1v) is 6.04. The molecule has 0 aliphatic carbocycles. The van der Waals surface area contributed by atoms with Crippen LogP contribution < -0.4 is 4.74 Å². The number of nitro groups is 1. The van der Waals surface area contributed by atoms with Crippen LogP contribution in [0.25, 0.3) is 0 Å². The van der Waals surface area contributed by atoms with E-state index in [0.29, 0.717) is 11.3 Å². The molecule has 1 aromatic rings. The van der Waals surface area contributed by atoms with Crippen molar-refractivity contribution in [2.75, 3.05) is 21.0 Å². The Morgan fingerprint density at radius 2 is 2.06 bits per heavy atom. The molecular formula is C11H14BrNO5. The molecule has 100 valence electrons. The highest BCUT2D eigenvalue weighted by Gasteiger charge is 2.33. The van der Waals surface area contributed by atoms with Gasteiger partial charge in [0, 0.05) is 17.6 Å². The predicted molar refractivity (Wildman–Crippen MR) is 68.4 cm³/mol. The van der Waals surface area contributed by atoms with Crippen LogP contribution in [0.2, 0.25) is 0 Å². The summed E-state index contributed by atoms with van der Waals surface area (Å²) in [5.74, 6) is 0.532. The van der Waals surface area contributed by atoms with E-state index in [1.165, 1.54) is 14.2 Å². The van der Waals surface area contributed by atoms with Crippen molar-refractivity contribution in [1.82, 2.24) is 0 Å². The molecule has 0 heterocycles. The van der Waals surface area contributed by atoms with E-state index in [1.807, 2.05) is 0 Å². The second kappa shape index (κ2) is 7.30. The normalized spacial score (nSPS) is 13.9. The van der Waals surface area contributed by atoms with Crippen molar-refractivity contribution in [3.05, 3.63) is 39.9 Å². The Bertz CT molecular complexity index is 401. The van der Waals surface area contributed by atoms with Crippen LogP contribution in [0.4, 0.5) is 0 Å². The summed E-state index contributed by atoms with van der Waals surface area (Å²) >= 11 is 3.00. The van der Waals surface area contributed by atoms with E-state index in [-0.39, 0.29) is 6.79 Å². The highest BCUT2D eigenvalue weighted by molar-refractivity contribution is 9.09. The zero-order chi connectivity index (χ0) is 13.5. The molecule has 0 saturated carbocycles. The predicted octanol–water partition coefficient (Wildman–Crippen LogP) is 2.35. The molecule has 1 aromatic carbocycles. The van der Waals surface area contributed by atoms with Crippen molar-refractivity contribution in [3.8, 4) is 5.75 Å². The smallest absolute Gasteiger partial charge is 0.295 e. The first-order valence-electron chi connectivity index (χ1n) is 5.12. The summed E-state index contributed by atoms with van der Waals surface area (Å²) < 4.78 is 15.3. The number of alkyl halides is 1. The van der Waals surface area contributed by atoms with Gasteiger partial charge in [-0.3, -0.25) is 10.1 Å². The average molecular weight is 320 g/mol. The molecule has 0 bridgehead atoms. The van der Waals surface area contributed by atoms with E-state index < -0.39 is 16.0 Å². The average Bonchev–Trinajstić information content (AvgIpc) is 2.39. The number of hydrogen-bond acceptors (Lipinski definition) is 5. The summed E-state index contributed by atoms with van der Waals surface area (Å²) in [7, 11) is 2.95. The molecule has 1 rings (SSSR count). The maximum absolute atomic E-state index is 10.9. The monoisotopic (exact) mass is 319 g/mol. The van der Waals surface area contributed by atoms with Gasteiger partial charge in [-0.05, 0) is 22.0 Å². The standard InChI is InChI=1S/C11H14BrNO5/c1-16-7-18-10(11(12)13(14)15)8-5-3-4-6-9(8)17-2/h3-6,10-11H,7H2,1-2H3/t10-,11?/m0/s1. The molecule has 2 atom stereocenters. The van der Waals surface area contributed by atoms with Gasteiger partial charge in [0.1, 0.15) is 12.5 Å². The molecular weight excluding hydrogens is 306 g/mol. The molecule has 0 aliphatic rings. The van der Waals surface area contributed by atoms with E-state index >= 15 is 0 Å². The number of benzene rings is 1. The summed E-state index contributed by atoms with van der Waals surface area (Å²) in [6.45, 7) is -0.0430. The minimum Gasteiger partial charge on any atom is -0.496 e. The molecule has 0 aromatic heterocycles. The molecule has 0 fully saturated rings. The van der Waals surface area contributed by atoms with Gasteiger partial charge in [0.05, 0.1) is 7.11 Å². The highest BCUT2D eigenvalue weighted by atomic mass is 79.9. The van der Waals surface area contributed by atoms with Crippen LogP contribution in [0.1, 0.15) is 11.7 Å². The minimum atomic E-state index is -1.08. The summed E-state index contributed by atoms with van der Waals surface area (Å²) in [5, 5.41) is 10.9. The maximum atomic E-state index is 10.9. The lowest BCUT2D eigenvalue weighted by Gasteiger charge is -2.19. The fourth-order valence-corrected chi connectivity index (χ4v) is 1.91. The molecule has 0 amide bonds. The summed E-state index contributed by atoms with van der Waals surface area (Å²) in [5.41, 5.74) is 0.593. The Morgan fingerprint density at radius 3 is 2.61 bits per heavy atom. The van der Waals surface area contributed by atoms with Crippen LogP contribution in [0.15, 0.2) is 24.3 Å². The maximum Gasteiger partial charge on any atom is 0.295 e. The van der Waals surface area contributed by atoms with Crippen LogP contribution in [0.3, 0.4) is 0 Å². The number of rotatable bonds is 7. The Kier molecular flexibility index (Phi) is 6.03. The van der Waals surface area contributed by atoms with E-state index in [4.69, 9.17) is 14.2 Å². The van der Waals surface area contributed by atoms with Crippen molar-refractivity contribution in [1.29, 1.82) is 0 Å². The molecule has 0 radical (unpaired) electrons. The van der Waals surface area contributed by atoms with Crippen molar-refractivity contribution in [2.24, 2.45) is 0 Å². The lowest BCUT2D eigenvalue weighted by atomic mass is 10.1. The van der Waals surface area contributed by atoms with Crippen LogP contribution in [-0.2, 0) is 9.47 Å². The Labute approximate surface area is 113 Å². The van der Waals surface area contributed by atoms with Gasteiger partial charge in [0.15, 0.2) is 6.10 Å². The lowest BCUT2D eigenvalue weighted by molar-refractivity contribution is -0.507. The fraction of sp³-hybridized carbons (Fsp3) is 0.455. The van der Waals surface area contributed by atoms with Crippen LogP contribution in [0.5, 0.6) is 5.75 Å². The third kappa shape index (κ3) is 3.66. The van der Waals surface area contributed by atoms with Gasteiger partial charge in [-0.2, -0.15) is 0 Å².